The first-order chi connectivity index (χ1) is 10.3. The molecular weight excluding hydrogens is 344 g/mol. The van der Waals surface area contributed by atoms with Crippen LogP contribution < -0.4 is 4.90 Å². The van der Waals surface area contributed by atoms with Gasteiger partial charge in [0.1, 0.15) is 5.60 Å². The molecule has 0 bridgehead atoms. The van der Waals surface area contributed by atoms with Gasteiger partial charge in [0.15, 0.2) is 0 Å². The predicted molar refractivity (Wildman–Crippen MR) is 93.4 cm³/mol. The Balaban J connectivity index is 1.90. The Kier molecular flexibility index (Phi) is 5.37. The third-order valence-corrected chi connectivity index (χ3v) is 4.36. The van der Waals surface area contributed by atoms with Crippen molar-refractivity contribution in [1.82, 2.24) is 4.90 Å². The summed E-state index contributed by atoms with van der Waals surface area (Å²) in [7, 11) is 1.84. The molecule has 1 aliphatic heterocycles. The number of carbonyl (C=O) groups is 1. The summed E-state index contributed by atoms with van der Waals surface area (Å²) in [5.74, 6) is 0. The molecule has 1 fully saturated rings. The molecule has 1 heterocycles. The van der Waals surface area contributed by atoms with Crippen molar-refractivity contribution >= 4 is 27.7 Å². The lowest BCUT2D eigenvalue weighted by Crippen LogP contribution is -2.47. The maximum absolute atomic E-state index is 12.1. The minimum atomic E-state index is -0.442. The van der Waals surface area contributed by atoms with Crippen molar-refractivity contribution in [2.45, 2.75) is 45.3 Å². The van der Waals surface area contributed by atoms with Crippen LogP contribution in [0.2, 0.25) is 0 Å². The first-order valence-electron chi connectivity index (χ1n) is 7.72. The lowest BCUT2D eigenvalue weighted by atomic mass is 10.0. The maximum atomic E-state index is 12.1. The van der Waals surface area contributed by atoms with E-state index in [1.54, 1.807) is 4.90 Å². The average molecular weight is 369 g/mol. The third kappa shape index (κ3) is 4.63. The lowest BCUT2D eigenvalue weighted by Gasteiger charge is -2.38. The minimum absolute atomic E-state index is 0.228. The Morgan fingerprint density at radius 1 is 1.32 bits per heavy atom. The van der Waals surface area contributed by atoms with Crippen LogP contribution in [0.4, 0.5) is 10.5 Å². The van der Waals surface area contributed by atoms with Crippen LogP contribution in [0.5, 0.6) is 0 Å². The van der Waals surface area contributed by atoms with Gasteiger partial charge in [-0.1, -0.05) is 22.0 Å². The number of benzene rings is 1. The van der Waals surface area contributed by atoms with Gasteiger partial charge in [-0.05, 0) is 51.8 Å². The molecule has 0 aliphatic carbocycles. The van der Waals surface area contributed by atoms with Crippen LogP contribution in [-0.4, -0.2) is 42.8 Å². The highest BCUT2D eigenvalue weighted by molar-refractivity contribution is 9.10. The van der Waals surface area contributed by atoms with E-state index in [0.717, 1.165) is 30.4 Å². The Hall–Kier alpha value is -1.23. The number of carbonyl (C=O) groups excluding carboxylic acids is 1. The van der Waals surface area contributed by atoms with E-state index in [1.807, 2.05) is 33.9 Å². The molecular formula is C17H25BrN2O2. The predicted octanol–water partition coefficient (Wildman–Crippen LogP) is 4.28. The number of anilines is 1. The van der Waals surface area contributed by atoms with Gasteiger partial charge in [0, 0.05) is 36.3 Å². The Morgan fingerprint density at radius 3 is 2.50 bits per heavy atom. The van der Waals surface area contributed by atoms with Gasteiger partial charge >= 0.3 is 6.09 Å². The number of ether oxygens (including phenoxy) is 1. The molecule has 1 aromatic carbocycles. The van der Waals surface area contributed by atoms with E-state index in [2.05, 4.69) is 39.0 Å². The molecule has 1 aliphatic rings. The van der Waals surface area contributed by atoms with E-state index in [1.165, 1.54) is 5.69 Å². The molecule has 1 saturated heterocycles. The normalized spacial score (nSPS) is 16.5. The number of rotatable bonds is 2. The fraction of sp³-hybridized carbons (Fsp3) is 0.588. The summed E-state index contributed by atoms with van der Waals surface area (Å²) >= 11 is 3.51. The number of piperidine rings is 1. The highest BCUT2D eigenvalue weighted by Crippen LogP contribution is 2.25. The van der Waals surface area contributed by atoms with E-state index in [-0.39, 0.29) is 12.1 Å². The minimum Gasteiger partial charge on any atom is -0.444 e. The molecule has 4 nitrogen and oxygen atoms in total. The topological polar surface area (TPSA) is 32.8 Å². The van der Waals surface area contributed by atoms with Crippen LogP contribution >= 0.6 is 15.9 Å². The molecule has 0 N–H and O–H groups in total. The van der Waals surface area contributed by atoms with Crippen molar-refractivity contribution in [3.05, 3.63) is 28.7 Å². The van der Waals surface area contributed by atoms with Crippen LogP contribution in [0.3, 0.4) is 0 Å². The largest absolute Gasteiger partial charge is 0.444 e. The molecule has 0 radical (unpaired) electrons. The zero-order chi connectivity index (χ0) is 16.3. The Labute approximate surface area is 141 Å². The number of amides is 1. The van der Waals surface area contributed by atoms with Gasteiger partial charge < -0.3 is 14.5 Å². The van der Waals surface area contributed by atoms with Gasteiger partial charge in [0.05, 0.1) is 0 Å². The number of halogens is 1. The molecule has 0 unspecified atom stereocenters. The monoisotopic (exact) mass is 368 g/mol. The average Bonchev–Trinajstić information content (AvgIpc) is 2.45. The summed E-state index contributed by atoms with van der Waals surface area (Å²) in [6.07, 6.45) is 1.69. The molecule has 1 amide bonds. The van der Waals surface area contributed by atoms with Crippen molar-refractivity contribution in [1.29, 1.82) is 0 Å². The molecule has 5 heteroatoms. The Morgan fingerprint density at radius 2 is 1.95 bits per heavy atom. The summed E-state index contributed by atoms with van der Waals surface area (Å²) in [4.78, 5) is 16.3. The molecule has 0 aromatic heterocycles. The van der Waals surface area contributed by atoms with E-state index in [0.29, 0.717) is 0 Å². The number of hydrogen-bond donors (Lipinski definition) is 0. The molecule has 2 rings (SSSR count). The zero-order valence-electron chi connectivity index (χ0n) is 13.8. The van der Waals surface area contributed by atoms with Gasteiger partial charge in [-0.3, -0.25) is 0 Å². The van der Waals surface area contributed by atoms with Crippen LogP contribution in [0.25, 0.3) is 0 Å². The van der Waals surface area contributed by atoms with Crippen LogP contribution in [0.1, 0.15) is 33.6 Å². The fourth-order valence-electron chi connectivity index (χ4n) is 2.67. The SMILES string of the molecule is CN(C(=O)OC(C)(C)C)C1CCN(c2cccc(Br)c2)CC1. The van der Waals surface area contributed by atoms with E-state index in [4.69, 9.17) is 4.74 Å². The zero-order valence-corrected chi connectivity index (χ0v) is 15.4. The molecule has 1 aromatic rings. The summed E-state index contributed by atoms with van der Waals surface area (Å²) in [5.41, 5.74) is 0.787. The lowest BCUT2D eigenvalue weighted by molar-refractivity contribution is 0.0201. The maximum Gasteiger partial charge on any atom is 0.410 e. The van der Waals surface area contributed by atoms with Crippen molar-refractivity contribution in [3.63, 3.8) is 0 Å². The summed E-state index contributed by atoms with van der Waals surface area (Å²) < 4.78 is 6.54. The van der Waals surface area contributed by atoms with Crippen molar-refractivity contribution in [3.8, 4) is 0 Å². The van der Waals surface area contributed by atoms with Gasteiger partial charge in [-0.15, -0.1) is 0 Å². The van der Waals surface area contributed by atoms with E-state index in [9.17, 15) is 4.79 Å². The molecule has 0 atom stereocenters. The van der Waals surface area contributed by atoms with Crippen molar-refractivity contribution in [2.24, 2.45) is 0 Å². The summed E-state index contributed by atoms with van der Waals surface area (Å²) in [6, 6.07) is 8.60. The van der Waals surface area contributed by atoms with E-state index < -0.39 is 5.60 Å². The quantitative estimate of drug-likeness (QED) is 0.780. The first-order valence-corrected chi connectivity index (χ1v) is 8.52. The summed E-state index contributed by atoms with van der Waals surface area (Å²) in [6.45, 7) is 7.60. The Bertz CT molecular complexity index is 520. The first kappa shape index (κ1) is 17.1. The second-order valence-electron chi connectivity index (χ2n) is 6.79. The van der Waals surface area contributed by atoms with E-state index >= 15 is 0 Å². The van der Waals surface area contributed by atoms with Gasteiger partial charge in [-0.2, -0.15) is 0 Å². The molecule has 122 valence electrons. The second kappa shape index (κ2) is 6.90. The molecule has 0 saturated carbocycles. The van der Waals surface area contributed by atoms with Crippen LogP contribution in [-0.2, 0) is 4.74 Å². The number of nitrogens with zero attached hydrogens (tertiary/aromatic N) is 2. The molecule has 0 spiro atoms. The summed E-state index contributed by atoms with van der Waals surface area (Å²) in [5, 5.41) is 0. The smallest absolute Gasteiger partial charge is 0.410 e. The van der Waals surface area contributed by atoms with Crippen LogP contribution in [0.15, 0.2) is 28.7 Å². The van der Waals surface area contributed by atoms with Crippen molar-refractivity contribution in [2.75, 3.05) is 25.0 Å². The molecule has 22 heavy (non-hydrogen) atoms. The van der Waals surface area contributed by atoms with Crippen molar-refractivity contribution < 1.29 is 9.53 Å². The number of hydrogen-bond acceptors (Lipinski definition) is 3. The standard InChI is InChI=1S/C17H25BrN2O2/c1-17(2,3)22-16(21)19(4)14-8-10-20(11-9-14)15-7-5-6-13(18)12-15/h5-7,12,14H,8-11H2,1-4H3. The fourth-order valence-corrected chi connectivity index (χ4v) is 3.05. The van der Waals surface area contributed by atoms with Gasteiger partial charge in [0.2, 0.25) is 0 Å². The third-order valence-electron chi connectivity index (χ3n) is 3.87. The highest BCUT2D eigenvalue weighted by atomic mass is 79.9. The van der Waals surface area contributed by atoms with Crippen LogP contribution in [0, 0.1) is 0 Å². The van der Waals surface area contributed by atoms with Gasteiger partial charge in [0.25, 0.3) is 0 Å². The second-order valence-corrected chi connectivity index (χ2v) is 7.71. The van der Waals surface area contributed by atoms with Gasteiger partial charge in [-0.25, -0.2) is 4.79 Å². The highest BCUT2D eigenvalue weighted by Gasteiger charge is 2.28.